The van der Waals surface area contributed by atoms with Gasteiger partial charge in [-0.05, 0) is 36.3 Å². The molecule has 0 aromatic heterocycles. The lowest BCUT2D eigenvalue weighted by atomic mass is 10.2. The van der Waals surface area contributed by atoms with Crippen molar-refractivity contribution >= 4 is 24.0 Å². The van der Waals surface area contributed by atoms with E-state index in [0.29, 0.717) is 5.56 Å². The topological polar surface area (TPSA) is 93.7 Å². The third kappa shape index (κ3) is 7.10. The van der Waals surface area contributed by atoms with Crippen LogP contribution in [-0.4, -0.2) is 31.1 Å². The fourth-order valence-corrected chi connectivity index (χ4v) is 2.25. The van der Waals surface area contributed by atoms with E-state index < -0.39 is 29.8 Å². The highest BCUT2D eigenvalue weighted by atomic mass is 19.1. The number of benzene rings is 2. The maximum Gasteiger partial charge on any atom is 0.331 e. The number of carbonyl (C=O) groups is 3. The van der Waals surface area contributed by atoms with Crippen molar-refractivity contribution in [2.45, 2.75) is 19.6 Å². The molecule has 0 heterocycles. The lowest BCUT2D eigenvalue weighted by Crippen LogP contribution is -2.44. The molecule has 152 valence electrons. The number of nitrogens with one attached hydrogen (secondary N) is 2. The molecule has 0 aliphatic carbocycles. The van der Waals surface area contributed by atoms with Gasteiger partial charge in [0.1, 0.15) is 0 Å². The molecule has 1 atom stereocenters. The molecular weight excluding hydrogens is 379 g/mol. The van der Waals surface area contributed by atoms with Crippen LogP contribution in [0, 0.1) is 5.82 Å². The summed E-state index contributed by atoms with van der Waals surface area (Å²) in [5.74, 6) is -2.07. The summed E-state index contributed by atoms with van der Waals surface area (Å²) in [7, 11) is 1.35. The number of hydrogen-bond donors (Lipinski definition) is 2. The van der Waals surface area contributed by atoms with E-state index in [1.807, 2.05) is 30.3 Å². The Balaban J connectivity index is 1.79. The van der Waals surface area contributed by atoms with E-state index in [4.69, 9.17) is 9.47 Å². The van der Waals surface area contributed by atoms with Gasteiger partial charge in [0.15, 0.2) is 17.7 Å². The summed E-state index contributed by atoms with van der Waals surface area (Å²) in [6.07, 6.45) is 1.20. The first-order valence-corrected chi connectivity index (χ1v) is 8.74. The van der Waals surface area contributed by atoms with Crippen molar-refractivity contribution in [3.05, 3.63) is 71.6 Å². The van der Waals surface area contributed by atoms with Gasteiger partial charge in [0.05, 0.1) is 7.11 Å². The predicted octanol–water partition coefficient (Wildman–Crippen LogP) is 2.81. The molecular formula is C21H21FN2O5. The van der Waals surface area contributed by atoms with Crippen molar-refractivity contribution in [3.63, 3.8) is 0 Å². The average Bonchev–Trinajstić information content (AvgIpc) is 2.71. The number of rotatable bonds is 7. The maximum atomic E-state index is 13.6. The molecule has 0 aliphatic rings. The molecule has 0 saturated heterocycles. The fourth-order valence-electron chi connectivity index (χ4n) is 2.25. The Morgan fingerprint density at radius 1 is 1.14 bits per heavy atom. The first-order chi connectivity index (χ1) is 13.9. The van der Waals surface area contributed by atoms with Crippen molar-refractivity contribution in [2.75, 3.05) is 7.11 Å². The number of imide groups is 1. The molecule has 0 radical (unpaired) electrons. The Kier molecular flexibility index (Phi) is 7.90. The van der Waals surface area contributed by atoms with Crippen LogP contribution >= 0.6 is 0 Å². The molecule has 7 nitrogen and oxygen atoms in total. The second kappa shape index (κ2) is 10.6. The number of methoxy groups -OCH3 is 1. The van der Waals surface area contributed by atoms with Gasteiger partial charge in [0.2, 0.25) is 0 Å². The second-order valence-corrected chi connectivity index (χ2v) is 5.96. The zero-order valence-electron chi connectivity index (χ0n) is 16.0. The van der Waals surface area contributed by atoms with Crippen LogP contribution in [-0.2, 0) is 20.9 Å². The number of carbonyl (C=O) groups excluding carboxylic acids is 3. The van der Waals surface area contributed by atoms with Crippen LogP contribution in [0.5, 0.6) is 5.75 Å². The number of esters is 1. The van der Waals surface area contributed by atoms with E-state index >= 15 is 0 Å². The monoisotopic (exact) mass is 400 g/mol. The average molecular weight is 400 g/mol. The van der Waals surface area contributed by atoms with Gasteiger partial charge < -0.3 is 14.8 Å². The van der Waals surface area contributed by atoms with Crippen LogP contribution in [0.15, 0.2) is 54.6 Å². The molecule has 0 aliphatic heterocycles. The molecule has 0 bridgehead atoms. The van der Waals surface area contributed by atoms with Crippen molar-refractivity contribution in [1.29, 1.82) is 0 Å². The summed E-state index contributed by atoms with van der Waals surface area (Å²) >= 11 is 0. The zero-order valence-corrected chi connectivity index (χ0v) is 16.0. The van der Waals surface area contributed by atoms with Gasteiger partial charge in [-0.25, -0.2) is 14.0 Å². The smallest absolute Gasteiger partial charge is 0.331 e. The number of amides is 3. The number of urea groups is 1. The highest BCUT2D eigenvalue weighted by molar-refractivity contribution is 5.98. The van der Waals surface area contributed by atoms with Gasteiger partial charge in [-0.15, -0.1) is 0 Å². The van der Waals surface area contributed by atoms with Crippen molar-refractivity contribution < 1.29 is 28.2 Å². The molecule has 2 rings (SSSR count). The van der Waals surface area contributed by atoms with E-state index in [2.05, 4.69) is 10.6 Å². The summed E-state index contributed by atoms with van der Waals surface area (Å²) in [6, 6.07) is 12.6. The third-order valence-electron chi connectivity index (χ3n) is 3.78. The first kappa shape index (κ1) is 21.6. The molecule has 2 aromatic carbocycles. The fraction of sp³-hybridized carbons (Fsp3) is 0.190. The van der Waals surface area contributed by atoms with Crippen molar-refractivity contribution in [3.8, 4) is 5.75 Å². The van der Waals surface area contributed by atoms with Crippen LogP contribution in [0.25, 0.3) is 6.08 Å². The van der Waals surface area contributed by atoms with E-state index in [9.17, 15) is 18.8 Å². The van der Waals surface area contributed by atoms with Gasteiger partial charge >= 0.3 is 12.0 Å². The Bertz CT molecular complexity index is 899. The minimum Gasteiger partial charge on any atom is -0.494 e. The third-order valence-corrected chi connectivity index (χ3v) is 3.78. The molecule has 2 aromatic rings. The molecule has 2 N–H and O–H groups in total. The second-order valence-electron chi connectivity index (χ2n) is 5.96. The Labute approximate surface area is 167 Å². The number of halogens is 1. The van der Waals surface area contributed by atoms with Crippen LogP contribution in [0.1, 0.15) is 18.1 Å². The lowest BCUT2D eigenvalue weighted by Gasteiger charge is -2.12. The molecule has 8 heteroatoms. The number of ether oxygens (including phenoxy) is 2. The number of hydrogen-bond acceptors (Lipinski definition) is 5. The minimum absolute atomic E-state index is 0.0839. The summed E-state index contributed by atoms with van der Waals surface area (Å²) in [5.41, 5.74) is 1.28. The van der Waals surface area contributed by atoms with E-state index in [1.54, 1.807) is 6.07 Å². The Hall–Kier alpha value is -3.68. The van der Waals surface area contributed by atoms with Gasteiger partial charge in [-0.1, -0.05) is 36.4 Å². The SMILES string of the molecule is COc1ccc(/C=C/C(=O)O[C@H](C)C(=O)NC(=O)NCc2ccccc2)cc1F. The minimum atomic E-state index is -1.19. The molecule has 3 amide bonds. The molecule has 0 unspecified atom stereocenters. The maximum absolute atomic E-state index is 13.6. The van der Waals surface area contributed by atoms with Crippen molar-refractivity contribution in [2.24, 2.45) is 0 Å². The summed E-state index contributed by atoms with van der Waals surface area (Å²) in [4.78, 5) is 35.5. The highest BCUT2D eigenvalue weighted by Crippen LogP contribution is 2.18. The van der Waals surface area contributed by atoms with Crippen LogP contribution in [0.4, 0.5) is 9.18 Å². The zero-order chi connectivity index (χ0) is 21.2. The van der Waals surface area contributed by atoms with Crippen LogP contribution in [0.2, 0.25) is 0 Å². The summed E-state index contributed by atoms with van der Waals surface area (Å²) < 4.78 is 23.4. The van der Waals surface area contributed by atoms with E-state index in [0.717, 1.165) is 11.6 Å². The lowest BCUT2D eigenvalue weighted by molar-refractivity contribution is -0.149. The summed E-state index contributed by atoms with van der Waals surface area (Å²) in [5, 5.41) is 4.62. The Morgan fingerprint density at radius 2 is 1.86 bits per heavy atom. The predicted molar refractivity (Wildman–Crippen MR) is 104 cm³/mol. The van der Waals surface area contributed by atoms with Gasteiger partial charge in [0.25, 0.3) is 5.91 Å². The normalized spacial score (nSPS) is 11.6. The summed E-state index contributed by atoms with van der Waals surface area (Å²) in [6.45, 7) is 1.58. The Morgan fingerprint density at radius 3 is 2.52 bits per heavy atom. The van der Waals surface area contributed by atoms with Gasteiger partial charge in [0, 0.05) is 12.6 Å². The largest absolute Gasteiger partial charge is 0.494 e. The molecule has 29 heavy (non-hydrogen) atoms. The van der Waals surface area contributed by atoms with E-state index in [1.165, 1.54) is 32.2 Å². The van der Waals surface area contributed by atoms with Gasteiger partial charge in [-0.3, -0.25) is 10.1 Å². The standard InChI is InChI=1S/C21H21FN2O5/c1-14(20(26)24-21(27)23-13-16-6-4-3-5-7-16)29-19(25)11-9-15-8-10-18(28-2)17(22)12-15/h3-12,14H,13H2,1-2H3,(H2,23,24,26,27)/b11-9+/t14-/m1/s1. The van der Waals surface area contributed by atoms with Gasteiger partial charge in [-0.2, -0.15) is 0 Å². The highest BCUT2D eigenvalue weighted by Gasteiger charge is 2.18. The van der Waals surface area contributed by atoms with Crippen LogP contribution in [0.3, 0.4) is 0 Å². The van der Waals surface area contributed by atoms with Crippen molar-refractivity contribution in [1.82, 2.24) is 10.6 Å². The first-order valence-electron chi connectivity index (χ1n) is 8.74. The molecule has 0 saturated carbocycles. The van der Waals surface area contributed by atoms with Crippen LogP contribution < -0.4 is 15.4 Å². The molecule has 0 spiro atoms. The quantitative estimate of drug-likeness (QED) is 0.551. The van der Waals surface area contributed by atoms with E-state index in [-0.39, 0.29) is 12.3 Å². The molecule has 0 fully saturated rings.